The lowest BCUT2D eigenvalue weighted by atomic mass is 10.2. The first-order chi connectivity index (χ1) is 11.6. The van der Waals surface area contributed by atoms with Crippen molar-refractivity contribution in [2.45, 2.75) is 13.5 Å². The molecule has 3 aromatic rings. The Hall–Kier alpha value is -3.22. The van der Waals surface area contributed by atoms with Gasteiger partial charge in [-0.25, -0.2) is 9.97 Å². The number of para-hydroxylation sites is 2. The van der Waals surface area contributed by atoms with Crippen LogP contribution in [-0.4, -0.2) is 22.0 Å². The number of methoxy groups -OCH3 is 1. The van der Waals surface area contributed by atoms with E-state index in [1.165, 1.54) is 25.3 Å². The molecule has 0 radical (unpaired) electrons. The van der Waals surface area contributed by atoms with Crippen molar-refractivity contribution in [1.82, 2.24) is 9.97 Å². The summed E-state index contributed by atoms with van der Waals surface area (Å²) in [5.74, 6) is 0.716. The summed E-state index contributed by atoms with van der Waals surface area (Å²) in [6.07, 6.45) is 0. The predicted octanol–water partition coefficient (Wildman–Crippen LogP) is 3.43. The fourth-order valence-corrected chi connectivity index (χ4v) is 2.30. The second kappa shape index (κ2) is 6.49. The maximum absolute atomic E-state index is 10.9. The molecular formula is C17H15N3O4. The van der Waals surface area contributed by atoms with Crippen LogP contribution in [0.25, 0.3) is 11.0 Å². The van der Waals surface area contributed by atoms with E-state index in [0.29, 0.717) is 17.2 Å². The Morgan fingerprint density at radius 2 is 1.79 bits per heavy atom. The van der Waals surface area contributed by atoms with E-state index in [1.807, 2.05) is 31.2 Å². The molecule has 0 bridgehead atoms. The van der Waals surface area contributed by atoms with Gasteiger partial charge in [-0.05, 0) is 25.1 Å². The van der Waals surface area contributed by atoms with E-state index in [1.54, 1.807) is 0 Å². The summed E-state index contributed by atoms with van der Waals surface area (Å²) >= 11 is 0. The number of nitro groups is 1. The minimum Gasteiger partial charge on any atom is -0.493 e. The normalized spacial score (nSPS) is 10.6. The van der Waals surface area contributed by atoms with E-state index in [0.717, 1.165) is 16.7 Å². The standard InChI is InChI=1S/C17H15N3O4/c1-11-15(19-14-6-4-3-5-13(14)18-11)10-24-17-9-12(20(21)22)7-8-16(17)23-2/h3-9H,10H2,1-2H3. The molecule has 7 nitrogen and oxygen atoms in total. The monoisotopic (exact) mass is 325 g/mol. The summed E-state index contributed by atoms with van der Waals surface area (Å²) < 4.78 is 10.9. The van der Waals surface area contributed by atoms with Gasteiger partial charge in [0, 0.05) is 6.07 Å². The van der Waals surface area contributed by atoms with Crippen molar-refractivity contribution in [2.24, 2.45) is 0 Å². The summed E-state index contributed by atoms with van der Waals surface area (Å²) in [5.41, 5.74) is 2.94. The number of ether oxygens (including phenoxy) is 2. The Morgan fingerprint density at radius 3 is 2.46 bits per heavy atom. The molecule has 0 saturated carbocycles. The Labute approximate surface area is 138 Å². The van der Waals surface area contributed by atoms with E-state index in [-0.39, 0.29) is 12.3 Å². The lowest BCUT2D eigenvalue weighted by Crippen LogP contribution is -2.04. The minimum atomic E-state index is -0.479. The zero-order valence-electron chi connectivity index (χ0n) is 13.2. The van der Waals surface area contributed by atoms with Crippen LogP contribution in [0.2, 0.25) is 0 Å². The van der Waals surface area contributed by atoms with Crippen molar-refractivity contribution >= 4 is 16.7 Å². The fourth-order valence-electron chi connectivity index (χ4n) is 2.30. The number of rotatable bonds is 5. The molecule has 24 heavy (non-hydrogen) atoms. The molecular weight excluding hydrogens is 310 g/mol. The molecule has 0 fully saturated rings. The van der Waals surface area contributed by atoms with Crippen LogP contribution in [0.3, 0.4) is 0 Å². The van der Waals surface area contributed by atoms with Crippen LogP contribution < -0.4 is 9.47 Å². The molecule has 0 N–H and O–H groups in total. The van der Waals surface area contributed by atoms with Crippen LogP contribution in [-0.2, 0) is 6.61 Å². The average Bonchev–Trinajstić information content (AvgIpc) is 2.59. The average molecular weight is 325 g/mol. The maximum atomic E-state index is 10.9. The molecule has 0 unspecified atom stereocenters. The predicted molar refractivity (Wildman–Crippen MR) is 88.3 cm³/mol. The quantitative estimate of drug-likeness (QED) is 0.527. The van der Waals surface area contributed by atoms with Gasteiger partial charge in [0.05, 0.1) is 40.5 Å². The Balaban J connectivity index is 1.89. The van der Waals surface area contributed by atoms with Gasteiger partial charge in [-0.3, -0.25) is 10.1 Å². The molecule has 122 valence electrons. The van der Waals surface area contributed by atoms with Gasteiger partial charge in [0.2, 0.25) is 0 Å². The van der Waals surface area contributed by atoms with Crippen molar-refractivity contribution in [3.8, 4) is 11.5 Å². The first-order valence-electron chi connectivity index (χ1n) is 7.26. The molecule has 0 atom stereocenters. The second-order valence-corrected chi connectivity index (χ2v) is 5.13. The zero-order valence-corrected chi connectivity index (χ0v) is 13.2. The summed E-state index contributed by atoms with van der Waals surface area (Å²) in [7, 11) is 1.48. The first-order valence-corrected chi connectivity index (χ1v) is 7.26. The van der Waals surface area contributed by atoms with Crippen molar-refractivity contribution in [2.75, 3.05) is 7.11 Å². The van der Waals surface area contributed by atoms with Gasteiger partial charge in [-0.1, -0.05) is 12.1 Å². The zero-order chi connectivity index (χ0) is 17.1. The third-order valence-electron chi connectivity index (χ3n) is 3.57. The lowest BCUT2D eigenvalue weighted by molar-refractivity contribution is -0.385. The SMILES string of the molecule is COc1ccc([N+](=O)[O-])cc1OCc1nc2ccccc2nc1C. The number of aromatic nitrogens is 2. The van der Waals surface area contributed by atoms with E-state index in [9.17, 15) is 10.1 Å². The number of non-ortho nitro benzene ring substituents is 1. The highest BCUT2D eigenvalue weighted by atomic mass is 16.6. The number of aryl methyl sites for hydroxylation is 1. The van der Waals surface area contributed by atoms with Crippen LogP contribution in [0, 0.1) is 17.0 Å². The van der Waals surface area contributed by atoms with Gasteiger partial charge in [0.15, 0.2) is 11.5 Å². The van der Waals surface area contributed by atoms with E-state index in [2.05, 4.69) is 9.97 Å². The van der Waals surface area contributed by atoms with E-state index < -0.39 is 4.92 Å². The summed E-state index contributed by atoms with van der Waals surface area (Å²) in [6, 6.07) is 11.8. The van der Waals surface area contributed by atoms with Gasteiger partial charge in [-0.15, -0.1) is 0 Å². The number of hydrogen-bond donors (Lipinski definition) is 0. The summed E-state index contributed by atoms with van der Waals surface area (Å²) in [5, 5.41) is 10.9. The second-order valence-electron chi connectivity index (χ2n) is 5.13. The van der Waals surface area contributed by atoms with E-state index in [4.69, 9.17) is 9.47 Å². The highest BCUT2D eigenvalue weighted by Gasteiger charge is 2.14. The number of benzene rings is 2. The number of nitrogens with zero attached hydrogens (tertiary/aromatic N) is 3. The van der Waals surface area contributed by atoms with Crippen molar-refractivity contribution in [3.05, 3.63) is 64.0 Å². The van der Waals surface area contributed by atoms with Crippen LogP contribution >= 0.6 is 0 Å². The molecule has 0 spiro atoms. The summed E-state index contributed by atoms with van der Waals surface area (Å²) in [6.45, 7) is 1.99. The third-order valence-corrected chi connectivity index (χ3v) is 3.57. The molecule has 3 rings (SSSR count). The van der Waals surface area contributed by atoms with Crippen molar-refractivity contribution in [3.63, 3.8) is 0 Å². The Bertz CT molecular complexity index is 911. The molecule has 0 saturated heterocycles. The Kier molecular flexibility index (Phi) is 4.24. The Morgan fingerprint density at radius 1 is 1.08 bits per heavy atom. The number of fused-ring (bicyclic) bond motifs is 1. The van der Waals surface area contributed by atoms with Crippen molar-refractivity contribution < 1.29 is 14.4 Å². The highest BCUT2D eigenvalue weighted by molar-refractivity contribution is 5.74. The molecule has 0 amide bonds. The smallest absolute Gasteiger partial charge is 0.273 e. The van der Waals surface area contributed by atoms with E-state index >= 15 is 0 Å². The molecule has 2 aromatic carbocycles. The minimum absolute atomic E-state index is 0.0629. The lowest BCUT2D eigenvalue weighted by Gasteiger charge is -2.11. The van der Waals surface area contributed by atoms with Gasteiger partial charge in [0.1, 0.15) is 6.61 Å². The maximum Gasteiger partial charge on any atom is 0.273 e. The first kappa shape index (κ1) is 15.7. The molecule has 7 heteroatoms. The fraction of sp³-hybridized carbons (Fsp3) is 0.176. The third kappa shape index (κ3) is 3.10. The molecule has 1 heterocycles. The van der Waals surface area contributed by atoms with Gasteiger partial charge in [0.25, 0.3) is 5.69 Å². The molecule has 1 aromatic heterocycles. The van der Waals surface area contributed by atoms with Gasteiger partial charge < -0.3 is 9.47 Å². The molecule has 0 aliphatic carbocycles. The van der Waals surface area contributed by atoms with Crippen LogP contribution in [0.5, 0.6) is 11.5 Å². The van der Waals surface area contributed by atoms with Crippen molar-refractivity contribution in [1.29, 1.82) is 0 Å². The number of hydrogen-bond acceptors (Lipinski definition) is 6. The number of nitro benzene ring substituents is 1. The largest absolute Gasteiger partial charge is 0.493 e. The van der Waals surface area contributed by atoms with Gasteiger partial charge in [-0.2, -0.15) is 0 Å². The van der Waals surface area contributed by atoms with Crippen LogP contribution in [0.15, 0.2) is 42.5 Å². The topological polar surface area (TPSA) is 87.4 Å². The van der Waals surface area contributed by atoms with Crippen LogP contribution in [0.4, 0.5) is 5.69 Å². The molecule has 0 aliphatic heterocycles. The summed E-state index contributed by atoms with van der Waals surface area (Å²) in [4.78, 5) is 19.5. The molecule has 0 aliphatic rings. The van der Waals surface area contributed by atoms with Gasteiger partial charge >= 0.3 is 0 Å². The highest BCUT2D eigenvalue weighted by Crippen LogP contribution is 2.31. The van der Waals surface area contributed by atoms with Crippen LogP contribution in [0.1, 0.15) is 11.4 Å².